The summed E-state index contributed by atoms with van der Waals surface area (Å²) in [5.41, 5.74) is 0.418. The second-order valence-electron chi connectivity index (χ2n) is 7.56. The molecule has 1 saturated heterocycles. The van der Waals surface area contributed by atoms with Gasteiger partial charge in [-0.1, -0.05) is 23.9 Å². The number of hydrogen-bond acceptors (Lipinski definition) is 7. The number of carbonyl (C=O) groups is 2. The Morgan fingerprint density at radius 1 is 1.29 bits per heavy atom. The van der Waals surface area contributed by atoms with Crippen LogP contribution in [-0.2, 0) is 20.9 Å². The van der Waals surface area contributed by atoms with Gasteiger partial charge in [-0.05, 0) is 45.2 Å². The zero-order valence-corrected chi connectivity index (χ0v) is 18.8. The van der Waals surface area contributed by atoms with E-state index < -0.39 is 5.25 Å². The molecule has 1 atom stereocenters. The number of fused-ring (bicyclic) bond motifs is 1. The number of para-hydroxylation sites is 1. The predicted molar refractivity (Wildman–Crippen MR) is 119 cm³/mol. The highest BCUT2D eigenvalue weighted by Crippen LogP contribution is 2.26. The summed E-state index contributed by atoms with van der Waals surface area (Å²) in [4.78, 5) is 44.3. The maximum atomic E-state index is 13.0. The Labute approximate surface area is 185 Å². The molecular weight excluding hydrogens is 418 g/mol. The van der Waals surface area contributed by atoms with Crippen LogP contribution in [0.1, 0.15) is 33.1 Å². The SMILES string of the molecule is CCOC(=O)C1CCN(C(=O)C(C)Sc2nc3ccccc3c(=O)n2CCCO)CC1. The molecule has 0 bridgehead atoms. The lowest BCUT2D eigenvalue weighted by molar-refractivity contribution is -0.151. The summed E-state index contributed by atoms with van der Waals surface area (Å²) in [6.45, 7) is 5.28. The zero-order valence-electron chi connectivity index (χ0n) is 18.0. The molecule has 31 heavy (non-hydrogen) atoms. The minimum atomic E-state index is -0.437. The third-order valence-corrected chi connectivity index (χ3v) is 6.50. The smallest absolute Gasteiger partial charge is 0.309 e. The van der Waals surface area contributed by atoms with Gasteiger partial charge in [-0.3, -0.25) is 19.0 Å². The summed E-state index contributed by atoms with van der Waals surface area (Å²) in [5, 5.41) is 9.77. The van der Waals surface area contributed by atoms with E-state index in [-0.39, 0.29) is 30.0 Å². The van der Waals surface area contributed by atoms with Gasteiger partial charge in [0.05, 0.1) is 28.7 Å². The van der Waals surface area contributed by atoms with E-state index in [4.69, 9.17) is 4.74 Å². The third kappa shape index (κ3) is 5.46. The molecule has 1 aromatic carbocycles. The fraction of sp³-hybridized carbons (Fsp3) is 0.545. The van der Waals surface area contributed by atoms with E-state index >= 15 is 0 Å². The summed E-state index contributed by atoms with van der Waals surface area (Å²) in [5.74, 6) is -0.383. The number of carbonyl (C=O) groups excluding carboxylic acids is 2. The van der Waals surface area contributed by atoms with Gasteiger partial charge in [0.25, 0.3) is 5.56 Å². The van der Waals surface area contributed by atoms with E-state index in [0.29, 0.717) is 61.6 Å². The summed E-state index contributed by atoms with van der Waals surface area (Å²) >= 11 is 1.25. The van der Waals surface area contributed by atoms with Crippen molar-refractivity contribution >= 4 is 34.5 Å². The molecule has 1 N–H and O–H groups in total. The summed E-state index contributed by atoms with van der Waals surface area (Å²) in [7, 11) is 0. The number of aliphatic hydroxyl groups excluding tert-OH is 1. The highest BCUT2D eigenvalue weighted by molar-refractivity contribution is 8.00. The Hall–Kier alpha value is -2.39. The van der Waals surface area contributed by atoms with Crippen LogP contribution < -0.4 is 5.56 Å². The molecule has 0 aliphatic carbocycles. The van der Waals surface area contributed by atoms with Gasteiger partial charge in [-0.25, -0.2) is 4.98 Å². The van der Waals surface area contributed by atoms with Crippen molar-refractivity contribution in [2.75, 3.05) is 26.3 Å². The maximum absolute atomic E-state index is 13.0. The zero-order chi connectivity index (χ0) is 22.4. The van der Waals surface area contributed by atoms with Crippen molar-refractivity contribution in [1.82, 2.24) is 14.5 Å². The number of thioether (sulfide) groups is 1. The Balaban J connectivity index is 1.73. The quantitative estimate of drug-likeness (QED) is 0.375. The molecule has 1 fully saturated rings. The number of aromatic nitrogens is 2. The number of ether oxygens (including phenoxy) is 1. The number of piperidine rings is 1. The van der Waals surface area contributed by atoms with Crippen LogP contribution in [0.4, 0.5) is 0 Å². The molecule has 1 aliphatic rings. The van der Waals surface area contributed by atoms with Crippen LogP contribution in [0.2, 0.25) is 0 Å². The second-order valence-corrected chi connectivity index (χ2v) is 8.87. The van der Waals surface area contributed by atoms with Crippen LogP contribution >= 0.6 is 11.8 Å². The van der Waals surface area contributed by atoms with E-state index in [1.165, 1.54) is 11.8 Å². The number of aliphatic hydroxyl groups is 1. The van der Waals surface area contributed by atoms with Crippen LogP contribution in [0.15, 0.2) is 34.2 Å². The van der Waals surface area contributed by atoms with Gasteiger partial charge in [0.15, 0.2) is 5.16 Å². The molecule has 168 valence electrons. The minimum absolute atomic E-state index is 0.0345. The van der Waals surface area contributed by atoms with Gasteiger partial charge < -0.3 is 14.7 Å². The Morgan fingerprint density at radius 3 is 2.68 bits per heavy atom. The molecule has 1 unspecified atom stereocenters. The fourth-order valence-corrected chi connectivity index (χ4v) is 4.74. The van der Waals surface area contributed by atoms with E-state index in [9.17, 15) is 19.5 Å². The van der Waals surface area contributed by atoms with Gasteiger partial charge >= 0.3 is 5.97 Å². The van der Waals surface area contributed by atoms with Crippen molar-refractivity contribution in [3.8, 4) is 0 Å². The van der Waals surface area contributed by atoms with Crippen molar-refractivity contribution in [3.05, 3.63) is 34.6 Å². The number of rotatable bonds is 8. The number of hydrogen-bond donors (Lipinski definition) is 1. The molecule has 0 saturated carbocycles. The largest absolute Gasteiger partial charge is 0.466 e. The first-order valence-corrected chi connectivity index (χ1v) is 11.6. The third-order valence-electron chi connectivity index (χ3n) is 5.42. The lowest BCUT2D eigenvalue weighted by atomic mass is 9.97. The molecule has 0 spiro atoms. The Kier molecular flexibility index (Phi) is 8.09. The molecule has 9 heteroatoms. The fourth-order valence-electron chi connectivity index (χ4n) is 3.72. The normalized spacial score (nSPS) is 15.8. The van der Waals surface area contributed by atoms with Crippen molar-refractivity contribution in [1.29, 1.82) is 0 Å². The highest BCUT2D eigenvalue weighted by Gasteiger charge is 2.31. The van der Waals surface area contributed by atoms with Gasteiger partial charge in [-0.2, -0.15) is 0 Å². The van der Waals surface area contributed by atoms with Crippen LogP contribution in [0.5, 0.6) is 0 Å². The van der Waals surface area contributed by atoms with Crippen LogP contribution in [0, 0.1) is 5.92 Å². The number of amides is 1. The monoisotopic (exact) mass is 447 g/mol. The molecular formula is C22H29N3O5S. The average molecular weight is 448 g/mol. The first kappa shape index (κ1) is 23.3. The Morgan fingerprint density at radius 2 is 2.00 bits per heavy atom. The number of likely N-dealkylation sites (tertiary alicyclic amines) is 1. The first-order chi connectivity index (χ1) is 15.0. The molecule has 1 aliphatic heterocycles. The molecule has 0 radical (unpaired) electrons. The van der Waals surface area contributed by atoms with Crippen LogP contribution in [0.3, 0.4) is 0 Å². The molecule has 1 amide bonds. The molecule has 3 rings (SSSR count). The van der Waals surface area contributed by atoms with Crippen molar-refractivity contribution in [2.24, 2.45) is 5.92 Å². The molecule has 8 nitrogen and oxygen atoms in total. The van der Waals surface area contributed by atoms with Gasteiger partial charge in [0.2, 0.25) is 5.91 Å². The molecule has 2 aromatic rings. The standard InChI is InChI=1S/C22H29N3O5S/c1-3-30-21(29)16-9-12-24(13-10-16)19(27)15(2)31-22-23-18-8-5-4-7-17(18)20(28)25(22)11-6-14-26/h4-5,7-8,15-16,26H,3,6,9-14H2,1-2H3. The predicted octanol–water partition coefficient (Wildman–Crippen LogP) is 2.06. The number of esters is 1. The van der Waals surface area contributed by atoms with Gasteiger partial charge in [0, 0.05) is 26.2 Å². The van der Waals surface area contributed by atoms with E-state index in [1.807, 2.05) is 13.0 Å². The minimum Gasteiger partial charge on any atom is -0.466 e. The van der Waals surface area contributed by atoms with Crippen molar-refractivity contribution < 1.29 is 19.4 Å². The topological polar surface area (TPSA) is 102 Å². The lowest BCUT2D eigenvalue weighted by Crippen LogP contribution is -2.43. The summed E-state index contributed by atoms with van der Waals surface area (Å²) in [6.07, 6.45) is 1.62. The van der Waals surface area contributed by atoms with Crippen LogP contribution in [-0.4, -0.2) is 63.0 Å². The summed E-state index contributed by atoms with van der Waals surface area (Å²) in [6, 6.07) is 7.13. The molecule has 2 heterocycles. The number of benzene rings is 1. The van der Waals surface area contributed by atoms with Gasteiger partial charge in [0.1, 0.15) is 0 Å². The first-order valence-electron chi connectivity index (χ1n) is 10.7. The average Bonchev–Trinajstić information content (AvgIpc) is 2.78. The van der Waals surface area contributed by atoms with E-state index in [0.717, 1.165) is 0 Å². The maximum Gasteiger partial charge on any atom is 0.309 e. The van der Waals surface area contributed by atoms with Gasteiger partial charge in [-0.15, -0.1) is 0 Å². The lowest BCUT2D eigenvalue weighted by Gasteiger charge is -2.32. The van der Waals surface area contributed by atoms with E-state index in [2.05, 4.69) is 4.98 Å². The second kappa shape index (κ2) is 10.8. The highest BCUT2D eigenvalue weighted by atomic mass is 32.2. The summed E-state index contributed by atoms with van der Waals surface area (Å²) < 4.78 is 6.63. The van der Waals surface area contributed by atoms with Crippen molar-refractivity contribution in [2.45, 2.75) is 50.1 Å². The van der Waals surface area contributed by atoms with E-state index in [1.54, 1.807) is 34.6 Å². The van der Waals surface area contributed by atoms with Crippen LogP contribution in [0.25, 0.3) is 10.9 Å². The van der Waals surface area contributed by atoms with Crippen molar-refractivity contribution in [3.63, 3.8) is 0 Å². The molecule has 1 aromatic heterocycles. The Bertz CT molecular complexity index is 985. The number of nitrogens with zero attached hydrogens (tertiary/aromatic N) is 3.